The molecule has 0 heterocycles. The van der Waals surface area contributed by atoms with Crippen LogP contribution in [0.1, 0.15) is 5.56 Å². The number of nitrogens with one attached hydrogen (secondary N) is 2. The van der Waals surface area contributed by atoms with Crippen molar-refractivity contribution >= 4 is 28.1 Å². The second kappa shape index (κ2) is 6.48. The molecule has 0 aliphatic rings. The molecular weight excluding hydrogens is 291 g/mol. The number of hydrogen-bond acceptors (Lipinski definition) is 2. The first-order chi connectivity index (χ1) is 11.1. The van der Waals surface area contributed by atoms with Gasteiger partial charge in [0.05, 0.1) is 6.54 Å². The van der Waals surface area contributed by atoms with Crippen LogP contribution in [0, 0.1) is 12.7 Å². The summed E-state index contributed by atoms with van der Waals surface area (Å²) in [4.78, 5) is 12.1. The summed E-state index contributed by atoms with van der Waals surface area (Å²) in [7, 11) is 0. The third-order valence-electron chi connectivity index (χ3n) is 3.69. The Morgan fingerprint density at radius 1 is 1.04 bits per heavy atom. The fourth-order valence-corrected chi connectivity index (χ4v) is 2.41. The molecule has 0 radical (unpaired) electrons. The molecule has 23 heavy (non-hydrogen) atoms. The lowest BCUT2D eigenvalue weighted by atomic mass is 10.1. The first-order valence-corrected chi connectivity index (χ1v) is 7.41. The molecule has 4 heteroatoms. The van der Waals surface area contributed by atoms with Gasteiger partial charge in [0.15, 0.2) is 0 Å². The topological polar surface area (TPSA) is 41.1 Å². The maximum Gasteiger partial charge on any atom is 0.243 e. The summed E-state index contributed by atoms with van der Waals surface area (Å²) in [6.07, 6.45) is 0. The molecule has 0 aliphatic carbocycles. The van der Waals surface area contributed by atoms with E-state index in [4.69, 9.17) is 0 Å². The van der Waals surface area contributed by atoms with Gasteiger partial charge in [0, 0.05) is 16.8 Å². The second-order valence-corrected chi connectivity index (χ2v) is 5.39. The molecule has 2 N–H and O–H groups in total. The summed E-state index contributed by atoms with van der Waals surface area (Å²) in [5.41, 5.74) is 1.93. The van der Waals surface area contributed by atoms with Crippen molar-refractivity contribution in [2.45, 2.75) is 6.92 Å². The number of carbonyl (C=O) groups excluding carboxylic acids is 1. The van der Waals surface area contributed by atoms with E-state index in [1.165, 1.54) is 6.07 Å². The molecule has 0 fully saturated rings. The molecule has 0 saturated heterocycles. The summed E-state index contributed by atoms with van der Waals surface area (Å²) >= 11 is 0. The van der Waals surface area contributed by atoms with Crippen LogP contribution >= 0.6 is 0 Å². The number of hydrogen-bond donors (Lipinski definition) is 2. The smallest absolute Gasteiger partial charge is 0.243 e. The van der Waals surface area contributed by atoms with Crippen LogP contribution in [0.15, 0.2) is 60.7 Å². The summed E-state index contributed by atoms with van der Waals surface area (Å²) in [6, 6.07) is 18.5. The van der Waals surface area contributed by atoms with Gasteiger partial charge in [-0.2, -0.15) is 0 Å². The van der Waals surface area contributed by atoms with Gasteiger partial charge in [-0.25, -0.2) is 4.39 Å². The van der Waals surface area contributed by atoms with Gasteiger partial charge in [0.2, 0.25) is 5.91 Å². The van der Waals surface area contributed by atoms with Gasteiger partial charge in [-0.1, -0.05) is 42.5 Å². The van der Waals surface area contributed by atoms with Crippen LogP contribution in [0.2, 0.25) is 0 Å². The summed E-state index contributed by atoms with van der Waals surface area (Å²) < 4.78 is 13.5. The zero-order chi connectivity index (χ0) is 16.2. The van der Waals surface area contributed by atoms with Crippen molar-refractivity contribution in [3.8, 4) is 0 Å². The number of halogens is 1. The minimum atomic E-state index is -0.288. The maximum atomic E-state index is 13.5. The van der Waals surface area contributed by atoms with Crippen molar-refractivity contribution in [1.29, 1.82) is 0 Å². The Balaban J connectivity index is 1.68. The lowest BCUT2D eigenvalue weighted by Crippen LogP contribution is -2.21. The van der Waals surface area contributed by atoms with E-state index in [0.717, 1.165) is 16.5 Å². The first-order valence-electron chi connectivity index (χ1n) is 7.41. The molecule has 1 amide bonds. The van der Waals surface area contributed by atoms with Gasteiger partial charge >= 0.3 is 0 Å². The minimum Gasteiger partial charge on any atom is -0.376 e. The molecule has 3 rings (SSSR count). The molecule has 3 aromatic rings. The fraction of sp³-hybridized carbons (Fsp3) is 0.105. The molecule has 116 valence electrons. The van der Waals surface area contributed by atoms with E-state index in [2.05, 4.69) is 10.6 Å². The predicted octanol–water partition coefficient (Wildman–Crippen LogP) is 4.34. The number of anilines is 2. The molecule has 0 unspecified atom stereocenters. The highest BCUT2D eigenvalue weighted by Crippen LogP contribution is 2.22. The van der Waals surface area contributed by atoms with Crippen molar-refractivity contribution in [2.24, 2.45) is 0 Å². The number of benzene rings is 3. The lowest BCUT2D eigenvalue weighted by Gasteiger charge is -2.10. The van der Waals surface area contributed by atoms with Crippen LogP contribution in [0.3, 0.4) is 0 Å². The molecule has 0 saturated carbocycles. The number of fused-ring (bicyclic) bond motifs is 1. The van der Waals surface area contributed by atoms with Gasteiger partial charge in [0.1, 0.15) is 5.82 Å². The summed E-state index contributed by atoms with van der Waals surface area (Å²) in [5.74, 6) is -0.466. The van der Waals surface area contributed by atoms with Crippen LogP contribution in [0.4, 0.5) is 15.8 Å². The van der Waals surface area contributed by atoms with Crippen molar-refractivity contribution < 1.29 is 9.18 Å². The molecule has 0 aromatic heterocycles. The largest absolute Gasteiger partial charge is 0.376 e. The van der Waals surface area contributed by atoms with Crippen molar-refractivity contribution in [2.75, 3.05) is 17.2 Å². The van der Waals surface area contributed by atoms with E-state index < -0.39 is 0 Å². The van der Waals surface area contributed by atoms with Crippen molar-refractivity contribution in [1.82, 2.24) is 0 Å². The van der Waals surface area contributed by atoms with Crippen LogP contribution < -0.4 is 10.6 Å². The standard InChI is InChI=1S/C19H17FN2O/c1-13-9-10-15(11-17(13)20)21-12-19(23)22-18-8-4-6-14-5-2-3-7-16(14)18/h2-11,21H,12H2,1H3,(H,22,23). The summed E-state index contributed by atoms with van der Waals surface area (Å²) in [5, 5.41) is 7.87. The van der Waals surface area contributed by atoms with Gasteiger partial charge in [-0.15, -0.1) is 0 Å². The quantitative estimate of drug-likeness (QED) is 0.753. The zero-order valence-electron chi connectivity index (χ0n) is 12.8. The number of amides is 1. The van der Waals surface area contributed by atoms with E-state index in [9.17, 15) is 9.18 Å². The molecule has 0 atom stereocenters. The Kier molecular flexibility index (Phi) is 4.24. The number of carbonyl (C=O) groups is 1. The number of aryl methyl sites for hydroxylation is 1. The third kappa shape index (κ3) is 3.48. The maximum absolute atomic E-state index is 13.5. The minimum absolute atomic E-state index is 0.0751. The highest BCUT2D eigenvalue weighted by Gasteiger charge is 2.06. The van der Waals surface area contributed by atoms with Crippen LogP contribution in [0.5, 0.6) is 0 Å². The van der Waals surface area contributed by atoms with Gasteiger partial charge in [0.25, 0.3) is 0 Å². The molecule has 3 nitrogen and oxygen atoms in total. The Bertz CT molecular complexity index is 856. The average molecular weight is 308 g/mol. The van der Waals surface area contributed by atoms with Crippen LogP contribution in [-0.2, 0) is 4.79 Å². The Morgan fingerprint density at radius 2 is 1.83 bits per heavy atom. The Labute approximate surface area is 134 Å². The monoisotopic (exact) mass is 308 g/mol. The number of rotatable bonds is 4. The van der Waals surface area contributed by atoms with Crippen molar-refractivity contribution in [3.63, 3.8) is 0 Å². The SMILES string of the molecule is Cc1ccc(NCC(=O)Nc2cccc3ccccc23)cc1F. The van der Waals surface area contributed by atoms with E-state index in [1.54, 1.807) is 19.1 Å². The van der Waals surface area contributed by atoms with E-state index in [1.807, 2.05) is 42.5 Å². The third-order valence-corrected chi connectivity index (χ3v) is 3.69. The summed E-state index contributed by atoms with van der Waals surface area (Å²) in [6.45, 7) is 1.78. The highest BCUT2D eigenvalue weighted by atomic mass is 19.1. The molecule has 0 spiro atoms. The van der Waals surface area contributed by atoms with Gasteiger partial charge in [-0.05, 0) is 36.1 Å². The molecule has 0 aliphatic heterocycles. The zero-order valence-corrected chi connectivity index (χ0v) is 12.8. The van der Waals surface area contributed by atoms with E-state index in [0.29, 0.717) is 11.3 Å². The van der Waals surface area contributed by atoms with E-state index >= 15 is 0 Å². The predicted molar refractivity (Wildman–Crippen MR) is 92.2 cm³/mol. The Morgan fingerprint density at radius 3 is 2.65 bits per heavy atom. The first kappa shape index (κ1) is 15.0. The fourth-order valence-electron chi connectivity index (χ4n) is 2.41. The van der Waals surface area contributed by atoms with Crippen molar-refractivity contribution in [3.05, 3.63) is 72.0 Å². The Hall–Kier alpha value is -2.88. The molecule has 0 bridgehead atoms. The van der Waals surface area contributed by atoms with Gasteiger partial charge < -0.3 is 10.6 Å². The van der Waals surface area contributed by atoms with Crippen LogP contribution in [0.25, 0.3) is 10.8 Å². The second-order valence-electron chi connectivity index (χ2n) is 5.39. The average Bonchev–Trinajstić information content (AvgIpc) is 2.56. The van der Waals surface area contributed by atoms with Gasteiger partial charge in [-0.3, -0.25) is 4.79 Å². The highest BCUT2D eigenvalue weighted by molar-refractivity contribution is 6.03. The lowest BCUT2D eigenvalue weighted by molar-refractivity contribution is -0.114. The normalized spacial score (nSPS) is 10.5. The molecular formula is C19H17FN2O. The van der Waals surface area contributed by atoms with E-state index in [-0.39, 0.29) is 18.3 Å². The molecule has 3 aromatic carbocycles. The van der Waals surface area contributed by atoms with Crippen LogP contribution in [-0.4, -0.2) is 12.5 Å².